The number of hydrogen-bond acceptors (Lipinski definition) is 5. The first kappa shape index (κ1) is 25.6. The van der Waals surface area contributed by atoms with E-state index < -0.39 is 11.6 Å². The molecule has 0 radical (unpaired) electrons. The summed E-state index contributed by atoms with van der Waals surface area (Å²) in [4.78, 5) is 28.7. The second-order valence-electron chi connectivity index (χ2n) is 10.4. The van der Waals surface area contributed by atoms with Crippen LogP contribution in [0.4, 0.5) is 4.79 Å². The molecule has 0 aliphatic heterocycles. The molecule has 2 aliphatic carbocycles. The Kier molecular flexibility index (Phi) is 8.24. The summed E-state index contributed by atoms with van der Waals surface area (Å²) in [6.07, 6.45) is 9.39. The van der Waals surface area contributed by atoms with E-state index in [4.69, 9.17) is 11.3 Å². The van der Waals surface area contributed by atoms with Gasteiger partial charge >= 0.3 is 6.09 Å². The van der Waals surface area contributed by atoms with Gasteiger partial charge in [0, 0.05) is 25.1 Å². The van der Waals surface area contributed by atoms with Crippen LogP contribution in [0.3, 0.4) is 0 Å². The number of nitrogens with one attached hydrogen (secondary N) is 2. The molecular formula is C25H37N5O4. The lowest BCUT2D eigenvalue weighted by molar-refractivity contribution is 0.0774. The number of alkyl carbamates (subject to hydrolysis) is 1. The first-order chi connectivity index (χ1) is 16.1. The Bertz CT molecular complexity index is 932. The number of aromatic nitrogens is 2. The van der Waals surface area contributed by atoms with Gasteiger partial charge < -0.3 is 25.0 Å². The zero-order valence-electron chi connectivity index (χ0n) is 20.8. The normalized spacial score (nSPS) is 24.5. The number of nitrogens with zero attached hydrogens (tertiary/aromatic N) is 3. The van der Waals surface area contributed by atoms with Crippen molar-refractivity contribution in [3.05, 3.63) is 29.3 Å². The van der Waals surface area contributed by atoms with Gasteiger partial charge in [0.15, 0.2) is 0 Å². The van der Waals surface area contributed by atoms with E-state index in [1.165, 1.54) is 18.0 Å². The summed E-state index contributed by atoms with van der Waals surface area (Å²) in [5, 5.41) is 10.4. The van der Waals surface area contributed by atoms with Crippen LogP contribution in [0.5, 0.6) is 5.88 Å². The molecule has 2 N–H and O–H groups in total. The van der Waals surface area contributed by atoms with Crippen molar-refractivity contribution in [2.24, 2.45) is 17.8 Å². The first-order valence-electron chi connectivity index (χ1n) is 12.1. The van der Waals surface area contributed by atoms with Crippen molar-refractivity contribution in [3.63, 3.8) is 0 Å². The number of carbonyl (C=O) groups is 2. The predicted molar refractivity (Wildman–Crippen MR) is 129 cm³/mol. The monoisotopic (exact) mass is 471 g/mol. The third-order valence-corrected chi connectivity index (χ3v) is 6.59. The number of amides is 2. The molecule has 2 fully saturated rings. The highest BCUT2D eigenvalue weighted by Crippen LogP contribution is 2.41. The van der Waals surface area contributed by atoms with Crippen molar-refractivity contribution in [1.29, 1.82) is 0 Å². The largest absolute Gasteiger partial charge is 0.477 e. The lowest BCUT2D eigenvalue weighted by Crippen LogP contribution is -2.51. The van der Waals surface area contributed by atoms with E-state index in [2.05, 4.69) is 25.3 Å². The maximum absolute atomic E-state index is 13.4. The summed E-state index contributed by atoms with van der Waals surface area (Å²) < 4.78 is 12.2. The van der Waals surface area contributed by atoms with Gasteiger partial charge in [0.2, 0.25) is 11.9 Å². The molecule has 0 spiro atoms. The average molecular weight is 472 g/mol. The fraction of sp³-hybridized carbons (Fsp3) is 0.680. The minimum Gasteiger partial charge on any atom is -0.477 e. The summed E-state index contributed by atoms with van der Waals surface area (Å²) in [5.74, 6) is 1.13. The lowest BCUT2D eigenvalue weighted by atomic mass is 9.67. The molecule has 1 aromatic rings. The van der Waals surface area contributed by atoms with Gasteiger partial charge in [0.25, 0.3) is 5.91 Å². The Morgan fingerprint density at radius 1 is 1.32 bits per heavy atom. The molecule has 0 saturated heterocycles. The van der Waals surface area contributed by atoms with E-state index in [9.17, 15) is 9.59 Å². The van der Waals surface area contributed by atoms with Gasteiger partial charge in [-0.25, -0.2) is 16.0 Å². The average Bonchev–Trinajstić information content (AvgIpc) is 3.18. The maximum atomic E-state index is 13.4. The Morgan fingerprint density at radius 2 is 2.00 bits per heavy atom. The number of carbonyl (C=O) groups excluding carboxylic acids is 2. The molecular weight excluding hydrogens is 434 g/mol. The number of hydrogen-bond donors (Lipinski definition) is 2. The molecule has 9 heteroatoms. The highest BCUT2D eigenvalue weighted by Gasteiger charge is 2.43. The summed E-state index contributed by atoms with van der Waals surface area (Å²) >= 11 is 0. The Labute approximate surface area is 202 Å². The molecule has 186 valence electrons. The molecule has 1 heterocycles. The minimum absolute atomic E-state index is 0.0724. The van der Waals surface area contributed by atoms with Crippen molar-refractivity contribution < 1.29 is 19.1 Å². The van der Waals surface area contributed by atoms with Crippen LogP contribution in [-0.2, 0) is 4.74 Å². The minimum atomic E-state index is -0.699. The van der Waals surface area contributed by atoms with Crippen molar-refractivity contribution in [3.8, 4) is 5.88 Å². The van der Waals surface area contributed by atoms with Crippen molar-refractivity contribution in [2.75, 3.05) is 13.7 Å². The summed E-state index contributed by atoms with van der Waals surface area (Å²) in [6, 6.07) is 0.155. The molecule has 2 atom stereocenters. The molecule has 34 heavy (non-hydrogen) atoms. The number of methoxy groups -OCH3 is 1. The third-order valence-electron chi connectivity index (χ3n) is 6.59. The highest BCUT2D eigenvalue weighted by atomic mass is 16.5. The van der Waals surface area contributed by atoms with Crippen LogP contribution in [-0.4, -0.2) is 53.1 Å². The Hall–Kier alpha value is -3.02. The molecule has 2 amide bonds. The quantitative estimate of drug-likeness (QED) is 0.556. The fourth-order valence-electron chi connectivity index (χ4n) is 4.90. The van der Waals surface area contributed by atoms with Crippen LogP contribution >= 0.6 is 0 Å². The van der Waals surface area contributed by atoms with E-state index in [1.54, 1.807) is 12.3 Å². The molecule has 0 aromatic carbocycles. The van der Waals surface area contributed by atoms with Crippen LogP contribution in [0.1, 0.15) is 70.2 Å². The molecule has 2 unspecified atom stereocenters. The Morgan fingerprint density at radius 3 is 2.59 bits per heavy atom. The molecule has 2 bridgehead atoms. The van der Waals surface area contributed by atoms with Gasteiger partial charge in [-0.15, -0.1) is 0 Å². The van der Waals surface area contributed by atoms with Crippen molar-refractivity contribution in [1.82, 2.24) is 20.4 Å². The number of ether oxygens (including phenoxy) is 2. The van der Waals surface area contributed by atoms with Gasteiger partial charge in [-0.3, -0.25) is 4.79 Å². The van der Waals surface area contributed by atoms with Gasteiger partial charge in [-0.1, -0.05) is 20.3 Å². The summed E-state index contributed by atoms with van der Waals surface area (Å²) in [6.45, 7) is 15.6. The topological polar surface area (TPSA) is 98.8 Å². The Balaban J connectivity index is 1.80. The van der Waals surface area contributed by atoms with E-state index in [0.717, 1.165) is 32.1 Å². The van der Waals surface area contributed by atoms with Gasteiger partial charge in [0.1, 0.15) is 5.56 Å². The first-order valence-corrected chi connectivity index (χ1v) is 12.1. The second-order valence-corrected chi connectivity index (χ2v) is 10.4. The van der Waals surface area contributed by atoms with E-state index in [1.807, 2.05) is 27.7 Å². The van der Waals surface area contributed by atoms with Crippen molar-refractivity contribution in [2.45, 2.75) is 77.4 Å². The zero-order valence-corrected chi connectivity index (χ0v) is 20.8. The molecule has 9 nitrogen and oxygen atoms in total. The zero-order chi connectivity index (χ0) is 24.9. The SMILES string of the molecule is [C-]#[N+]C1CC2CCCC(C1)C2NC(=O)c1cnn(/C=C/C(C)(C)NC(=O)OC)c1OCC(C)C. The maximum Gasteiger partial charge on any atom is 0.407 e. The smallest absolute Gasteiger partial charge is 0.407 e. The third kappa shape index (κ3) is 6.31. The number of fused-ring (bicyclic) bond motifs is 2. The van der Waals surface area contributed by atoms with Crippen molar-refractivity contribution >= 4 is 18.2 Å². The van der Waals surface area contributed by atoms with Crippen LogP contribution in [0.2, 0.25) is 0 Å². The van der Waals surface area contributed by atoms with Crippen LogP contribution in [0, 0.1) is 24.3 Å². The molecule has 2 saturated carbocycles. The van der Waals surface area contributed by atoms with E-state index >= 15 is 0 Å². The summed E-state index contributed by atoms with van der Waals surface area (Å²) in [7, 11) is 1.31. The van der Waals surface area contributed by atoms with Crippen LogP contribution in [0.25, 0.3) is 11.0 Å². The summed E-state index contributed by atoms with van der Waals surface area (Å²) in [5.41, 5.74) is -0.315. The molecule has 2 aliphatic rings. The molecule has 1 aromatic heterocycles. The van der Waals surface area contributed by atoms with Gasteiger partial charge in [-0.05, 0) is 50.5 Å². The fourth-order valence-corrected chi connectivity index (χ4v) is 4.90. The standard InChI is InChI=1S/C25H37N5O4/c1-16(2)15-34-23-20(14-27-30(23)11-10-25(3,4)29-24(32)33-6)22(31)28-21-17-8-7-9-18(21)13-19(12-17)26-5/h10-11,14,16-19,21H,7-9,12-13,15H2,1-4,6H3,(H,28,31)(H,29,32)/b11-10+. The molecule has 3 rings (SSSR count). The van der Waals surface area contributed by atoms with Crippen LogP contribution in [0.15, 0.2) is 12.3 Å². The number of rotatable bonds is 8. The van der Waals surface area contributed by atoms with E-state index in [0.29, 0.717) is 29.9 Å². The van der Waals surface area contributed by atoms with Gasteiger partial charge in [-0.2, -0.15) is 5.10 Å². The second kappa shape index (κ2) is 10.9. The lowest BCUT2D eigenvalue weighted by Gasteiger charge is -2.42. The van der Waals surface area contributed by atoms with Crippen LogP contribution < -0.4 is 15.4 Å². The van der Waals surface area contributed by atoms with Gasteiger partial charge in [0.05, 0.1) is 25.5 Å². The highest BCUT2D eigenvalue weighted by molar-refractivity contribution is 5.96. The predicted octanol–water partition coefficient (Wildman–Crippen LogP) is 4.12. The van der Waals surface area contributed by atoms with E-state index in [-0.39, 0.29) is 23.9 Å².